The summed E-state index contributed by atoms with van der Waals surface area (Å²) in [6.45, 7) is 4.32. The van der Waals surface area contributed by atoms with Gasteiger partial charge in [-0.25, -0.2) is 4.68 Å². The maximum Gasteiger partial charge on any atom is 0.276 e. The highest BCUT2D eigenvalue weighted by Crippen LogP contribution is 2.19. The van der Waals surface area contributed by atoms with Crippen molar-refractivity contribution in [1.82, 2.24) is 19.9 Å². The average Bonchev–Trinajstić information content (AvgIpc) is 3.13. The first-order chi connectivity index (χ1) is 13.4. The molecule has 7 heteroatoms. The first-order valence-corrected chi connectivity index (χ1v) is 8.99. The molecule has 2 amide bonds. The molecule has 2 aromatic carbocycles. The van der Waals surface area contributed by atoms with Gasteiger partial charge in [-0.2, -0.15) is 0 Å². The van der Waals surface area contributed by atoms with Crippen LogP contribution in [0.3, 0.4) is 0 Å². The summed E-state index contributed by atoms with van der Waals surface area (Å²) in [5.74, 6) is -0.610. The number of anilines is 1. The van der Waals surface area contributed by atoms with Crippen LogP contribution in [0.4, 0.5) is 5.69 Å². The van der Waals surface area contributed by atoms with E-state index in [2.05, 4.69) is 15.6 Å². The number of nitrogens with zero attached hydrogens (tertiary/aromatic N) is 4. The van der Waals surface area contributed by atoms with E-state index in [1.54, 1.807) is 17.9 Å². The molecule has 0 saturated carbocycles. The van der Waals surface area contributed by atoms with E-state index >= 15 is 0 Å². The Labute approximate surface area is 164 Å². The number of likely N-dealkylation sites (N-methyl/N-ethyl adjacent to an activating group) is 1. The van der Waals surface area contributed by atoms with Crippen molar-refractivity contribution in [1.29, 1.82) is 0 Å². The van der Waals surface area contributed by atoms with Gasteiger partial charge in [-0.1, -0.05) is 53.7 Å². The number of hydrogen-bond acceptors (Lipinski definition) is 4. The third-order valence-corrected chi connectivity index (χ3v) is 4.42. The Morgan fingerprint density at radius 2 is 1.71 bits per heavy atom. The van der Waals surface area contributed by atoms with Crippen LogP contribution < -0.4 is 5.32 Å². The molecule has 0 saturated heterocycles. The quantitative estimate of drug-likeness (QED) is 0.716. The van der Waals surface area contributed by atoms with Crippen LogP contribution in [-0.2, 0) is 11.3 Å². The average molecular weight is 377 g/mol. The van der Waals surface area contributed by atoms with Crippen molar-refractivity contribution >= 4 is 17.5 Å². The summed E-state index contributed by atoms with van der Waals surface area (Å²) in [6.07, 6.45) is 1.59. The Kier molecular flexibility index (Phi) is 5.84. The summed E-state index contributed by atoms with van der Waals surface area (Å²) in [5, 5.41) is 10.8. The Balaban J connectivity index is 1.60. The first kappa shape index (κ1) is 19.3. The fourth-order valence-corrected chi connectivity index (χ4v) is 2.92. The minimum absolute atomic E-state index is 0.0713. The lowest BCUT2D eigenvalue weighted by Gasteiger charge is -2.17. The number of nitrogens with one attached hydrogen (secondary N) is 1. The Bertz CT molecular complexity index is 961. The summed E-state index contributed by atoms with van der Waals surface area (Å²) in [7, 11) is 1.57. The van der Waals surface area contributed by atoms with Gasteiger partial charge in [0.05, 0.1) is 19.3 Å². The van der Waals surface area contributed by atoms with Crippen molar-refractivity contribution in [2.45, 2.75) is 20.4 Å². The predicted molar refractivity (Wildman–Crippen MR) is 107 cm³/mol. The number of aromatic nitrogens is 3. The molecular formula is C21H23N5O2. The van der Waals surface area contributed by atoms with Gasteiger partial charge in [0.15, 0.2) is 5.69 Å². The third-order valence-electron chi connectivity index (χ3n) is 4.42. The van der Waals surface area contributed by atoms with Crippen LogP contribution in [0, 0.1) is 13.8 Å². The molecule has 3 aromatic rings. The predicted octanol–water partition coefficient (Wildman–Crippen LogP) is 2.65. The van der Waals surface area contributed by atoms with Gasteiger partial charge in [-0.15, -0.1) is 5.10 Å². The van der Waals surface area contributed by atoms with Crippen molar-refractivity contribution in [3.05, 3.63) is 77.1 Å². The number of carbonyl (C=O) groups excluding carboxylic acids is 2. The Hall–Kier alpha value is -3.48. The first-order valence-electron chi connectivity index (χ1n) is 8.99. The number of benzene rings is 2. The second-order valence-corrected chi connectivity index (χ2v) is 6.76. The van der Waals surface area contributed by atoms with Crippen molar-refractivity contribution in [2.75, 3.05) is 18.9 Å². The lowest BCUT2D eigenvalue weighted by Crippen LogP contribution is -2.35. The molecule has 1 aromatic heterocycles. The molecule has 0 aliphatic heterocycles. The third kappa shape index (κ3) is 4.62. The largest absolute Gasteiger partial charge is 0.331 e. The van der Waals surface area contributed by atoms with Gasteiger partial charge in [0.2, 0.25) is 5.91 Å². The molecule has 1 N–H and O–H groups in total. The summed E-state index contributed by atoms with van der Waals surface area (Å²) in [5.41, 5.74) is 4.01. The van der Waals surface area contributed by atoms with E-state index in [1.165, 1.54) is 4.90 Å². The van der Waals surface area contributed by atoms with Gasteiger partial charge in [-0.05, 0) is 30.5 Å². The number of aryl methyl sites for hydroxylation is 2. The Morgan fingerprint density at radius 3 is 2.39 bits per heavy atom. The Morgan fingerprint density at radius 1 is 1.04 bits per heavy atom. The summed E-state index contributed by atoms with van der Waals surface area (Å²) < 4.78 is 1.60. The fourth-order valence-electron chi connectivity index (χ4n) is 2.92. The highest BCUT2D eigenvalue weighted by molar-refractivity contribution is 5.98. The van der Waals surface area contributed by atoms with Gasteiger partial charge < -0.3 is 10.2 Å². The summed E-state index contributed by atoms with van der Waals surface area (Å²) in [4.78, 5) is 26.3. The van der Waals surface area contributed by atoms with Crippen LogP contribution in [-0.4, -0.2) is 45.3 Å². The number of para-hydroxylation sites is 1. The molecule has 0 radical (unpaired) electrons. The number of amides is 2. The molecule has 0 atom stereocenters. The van der Waals surface area contributed by atoms with Gasteiger partial charge in [-0.3, -0.25) is 9.59 Å². The number of rotatable bonds is 6. The zero-order valence-corrected chi connectivity index (χ0v) is 16.2. The van der Waals surface area contributed by atoms with Crippen LogP contribution in [0.15, 0.2) is 54.7 Å². The molecule has 3 rings (SSSR count). The molecule has 0 bridgehead atoms. The van der Waals surface area contributed by atoms with E-state index in [0.717, 1.165) is 22.4 Å². The molecule has 0 spiro atoms. The number of hydrogen-bond donors (Lipinski definition) is 1. The fraction of sp³-hybridized carbons (Fsp3) is 0.238. The molecule has 7 nitrogen and oxygen atoms in total. The van der Waals surface area contributed by atoms with E-state index in [-0.39, 0.29) is 24.1 Å². The molecule has 144 valence electrons. The maximum atomic E-state index is 12.6. The highest BCUT2D eigenvalue weighted by atomic mass is 16.2. The standard InChI is InChI=1S/C21H23N5O2/c1-15-8-7-9-16(2)20(15)22-19(27)14-25(3)21(28)18-13-26(24-23-18)12-17-10-5-4-6-11-17/h4-11,13H,12,14H2,1-3H3,(H,22,27). The minimum Gasteiger partial charge on any atom is -0.331 e. The molecule has 0 aliphatic carbocycles. The molecule has 28 heavy (non-hydrogen) atoms. The van der Waals surface area contributed by atoms with Crippen molar-refractivity contribution < 1.29 is 9.59 Å². The zero-order chi connectivity index (χ0) is 20.1. The van der Waals surface area contributed by atoms with Crippen LogP contribution in [0.5, 0.6) is 0 Å². The van der Waals surface area contributed by atoms with Crippen molar-refractivity contribution in [3.63, 3.8) is 0 Å². The maximum absolute atomic E-state index is 12.6. The van der Waals surface area contributed by atoms with Crippen molar-refractivity contribution in [3.8, 4) is 0 Å². The van der Waals surface area contributed by atoms with Gasteiger partial charge >= 0.3 is 0 Å². The second-order valence-electron chi connectivity index (χ2n) is 6.76. The number of carbonyl (C=O) groups is 2. The van der Waals surface area contributed by atoms with Crippen molar-refractivity contribution in [2.24, 2.45) is 0 Å². The van der Waals surface area contributed by atoms with Gasteiger partial charge in [0, 0.05) is 12.7 Å². The SMILES string of the molecule is Cc1cccc(C)c1NC(=O)CN(C)C(=O)c1cn(Cc2ccccc2)nn1. The van der Waals surface area contributed by atoms with Crippen LogP contribution in [0.25, 0.3) is 0 Å². The van der Waals surface area contributed by atoms with Gasteiger partial charge in [0.25, 0.3) is 5.91 Å². The van der Waals surface area contributed by atoms with Crippen LogP contribution in [0.2, 0.25) is 0 Å². The normalized spacial score (nSPS) is 10.5. The monoisotopic (exact) mass is 377 g/mol. The zero-order valence-electron chi connectivity index (χ0n) is 16.2. The van der Waals surface area contributed by atoms with Gasteiger partial charge in [0.1, 0.15) is 0 Å². The second kappa shape index (κ2) is 8.47. The summed E-state index contributed by atoms with van der Waals surface area (Å²) in [6, 6.07) is 15.6. The molecular weight excluding hydrogens is 354 g/mol. The highest BCUT2D eigenvalue weighted by Gasteiger charge is 2.19. The minimum atomic E-state index is -0.351. The topological polar surface area (TPSA) is 80.1 Å². The molecule has 0 unspecified atom stereocenters. The molecule has 1 heterocycles. The van der Waals surface area contributed by atoms with E-state index in [4.69, 9.17) is 0 Å². The van der Waals surface area contributed by atoms with E-state index in [0.29, 0.717) is 6.54 Å². The summed E-state index contributed by atoms with van der Waals surface area (Å²) >= 11 is 0. The van der Waals surface area contributed by atoms with Crippen LogP contribution in [0.1, 0.15) is 27.2 Å². The molecule has 0 aliphatic rings. The van der Waals surface area contributed by atoms with E-state index < -0.39 is 0 Å². The smallest absolute Gasteiger partial charge is 0.276 e. The lowest BCUT2D eigenvalue weighted by molar-refractivity contribution is -0.116. The molecule has 0 fully saturated rings. The van der Waals surface area contributed by atoms with E-state index in [9.17, 15) is 9.59 Å². The van der Waals surface area contributed by atoms with E-state index in [1.807, 2.05) is 62.4 Å². The van der Waals surface area contributed by atoms with Crippen LogP contribution >= 0.6 is 0 Å². The lowest BCUT2D eigenvalue weighted by atomic mass is 10.1.